The second-order valence-electron chi connectivity index (χ2n) is 5.48. The van der Waals surface area contributed by atoms with Crippen molar-refractivity contribution in [2.24, 2.45) is 0 Å². The van der Waals surface area contributed by atoms with E-state index in [1.165, 1.54) is 5.75 Å². The van der Waals surface area contributed by atoms with Gasteiger partial charge in [-0.1, -0.05) is 0 Å². The molecular formula is C14H20N2O2S2. The maximum Gasteiger partial charge on any atom is 0.315 e. The Bertz CT molecular complexity index is 444. The third-order valence-electron chi connectivity index (χ3n) is 3.93. The summed E-state index contributed by atoms with van der Waals surface area (Å²) >= 11 is 3.61. The molecule has 20 heavy (non-hydrogen) atoms. The van der Waals surface area contributed by atoms with E-state index in [4.69, 9.17) is 4.74 Å². The summed E-state index contributed by atoms with van der Waals surface area (Å²) in [6, 6.07) is 2.21. The number of ether oxygens (including phenoxy) is 1. The zero-order valence-corrected chi connectivity index (χ0v) is 13.0. The highest BCUT2D eigenvalue weighted by molar-refractivity contribution is 7.99. The Morgan fingerprint density at radius 2 is 2.50 bits per heavy atom. The number of amides is 2. The Labute approximate surface area is 127 Å². The van der Waals surface area contributed by atoms with E-state index in [0.717, 1.165) is 37.2 Å². The summed E-state index contributed by atoms with van der Waals surface area (Å²) in [6.45, 7) is 1.36. The molecule has 110 valence electrons. The number of thioether (sulfide) groups is 1. The molecule has 2 amide bonds. The summed E-state index contributed by atoms with van der Waals surface area (Å²) < 4.78 is 5.97. The van der Waals surface area contributed by atoms with Crippen LogP contribution in [0.15, 0.2) is 16.8 Å². The van der Waals surface area contributed by atoms with Gasteiger partial charge in [0.2, 0.25) is 0 Å². The molecule has 6 heteroatoms. The topological polar surface area (TPSA) is 50.4 Å². The van der Waals surface area contributed by atoms with Crippen LogP contribution in [0.4, 0.5) is 4.79 Å². The third kappa shape index (κ3) is 3.48. The molecule has 0 bridgehead atoms. The van der Waals surface area contributed by atoms with Crippen LogP contribution in [-0.4, -0.2) is 35.8 Å². The maximum atomic E-state index is 11.9. The lowest BCUT2D eigenvalue weighted by molar-refractivity contribution is -0.0684. The monoisotopic (exact) mass is 312 g/mol. The summed E-state index contributed by atoms with van der Waals surface area (Å²) in [7, 11) is 0. The SMILES string of the molecule is O=C(NCc1ccsc1)N[C@H]1CCO[C@]2(CCSC2)C1. The highest BCUT2D eigenvalue weighted by atomic mass is 32.2. The average molecular weight is 312 g/mol. The molecule has 2 aliphatic rings. The molecule has 2 saturated heterocycles. The molecule has 0 aliphatic carbocycles. The molecule has 3 rings (SSSR count). The van der Waals surface area contributed by atoms with Crippen LogP contribution in [0.25, 0.3) is 0 Å². The highest BCUT2D eigenvalue weighted by Crippen LogP contribution is 2.38. The molecule has 2 N–H and O–H groups in total. The van der Waals surface area contributed by atoms with Gasteiger partial charge in [-0.2, -0.15) is 23.1 Å². The zero-order chi connectivity index (χ0) is 13.8. The molecule has 1 aromatic rings. The fourth-order valence-corrected chi connectivity index (χ4v) is 4.87. The quantitative estimate of drug-likeness (QED) is 0.902. The Balaban J connectivity index is 1.46. The van der Waals surface area contributed by atoms with Crippen molar-refractivity contribution in [3.05, 3.63) is 22.4 Å². The first-order valence-electron chi connectivity index (χ1n) is 7.03. The normalized spacial score (nSPS) is 29.5. The molecule has 4 nitrogen and oxygen atoms in total. The lowest BCUT2D eigenvalue weighted by atomic mass is 9.90. The van der Waals surface area contributed by atoms with Crippen molar-refractivity contribution in [2.45, 2.75) is 37.5 Å². The van der Waals surface area contributed by atoms with Crippen LogP contribution in [0, 0.1) is 0 Å². The Kier molecular flexibility index (Phi) is 4.53. The summed E-state index contributed by atoms with van der Waals surface area (Å²) in [5.74, 6) is 2.25. The maximum absolute atomic E-state index is 11.9. The number of rotatable bonds is 3. The number of hydrogen-bond acceptors (Lipinski definition) is 4. The van der Waals surface area contributed by atoms with Crippen molar-refractivity contribution in [3.63, 3.8) is 0 Å². The van der Waals surface area contributed by atoms with Gasteiger partial charge < -0.3 is 15.4 Å². The van der Waals surface area contributed by atoms with Gasteiger partial charge in [-0.25, -0.2) is 4.79 Å². The van der Waals surface area contributed by atoms with E-state index < -0.39 is 0 Å². The van der Waals surface area contributed by atoms with E-state index in [2.05, 4.69) is 16.0 Å². The van der Waals surface area contributed by atoms with Gasteiger partial charge in [0.25, 0.3) is 0 Å². The molecule has 2 atom stereocenters. The summed E-state index contributed by atoms with van der Waals surface area (Å²) in [5.41, 5.74) is 1.18. The van der Waals surface area contributed by atoms with E-state index in [9.17, 15) is 4.79 Å². The van der Waals surface area contributed by atoms with Crippen molar-refractivity contribution in [3.8, 4) is 0 Å². The molecular weight excluding hydrogens is 292 g/mol. The molecule has 0 radical (unpaired) electrons. The molecule has 0 saturated carbocycles. The Morgan fingerprint density at radius 1 is 1.55 bits per heavy atom. The summed E-state index contributed by atoms with van der Waals surface area (Å²) in [5, 5.41) is 10.1. The number of thiophene rings is 1. The fraction of sp³-hybridized carbons (Fsp3) is 0.643. The molecule has 2 aliphatic heterocycles. The van der Waals surface area contributed by atoms with E-state index in [0.29, 0.717) is 6.54 Å². The van der Waals surface area contributed by atoms with Crippen LogP contribution >= 0.6 is 23.1 Å². The van der Waals surface area contributed by atoms with E-state index in [1.807, 2.05) is 23.2 Å². The van der Waals surface area contributed by atoms with Crippen molar-refractivity contribution in [1.82, 2.24) is 10.6 Å². The minimum Gasteiger partial charge on any atom is -0.374 e. The Hall–Kier alpha value is -0.720. The van der Waals surface area contributed by atoms with Crippen LogP contribution in [0.3, 0.4) is 0 Å². The third-order valence-corrected chi connectivity index (χ3v) is 5.88. The van der Waals surface area contributed by atoms with Gasteiger partial charge in [-0.3, -0.25) is 0 Å². The lowest BCUT2D eigenvalue weighted by Crippen LogP contribution is -2.50. The van der Waals surface area contributed by atoms with Gasteiger partial charge in [0.05, 0.1) is 5.60 Å². The smallest absolute Gasteiger partial charge is 0.315 e. The minimum absolute atomic E-state index is 0.0220. The molecule has 0 aromatic carbocycles. The fourth-order valence-electron chi connectivity index (χ4n) is 2.83. The van der Waals surface area contributed by atoms with Gasteiger partial charge in [0.1, 0.15) is 0 Å². The largest absolute Gasteiger partial charge is 0.374 e. The predicted octanol–water partition coefficient (Wildman–Crippen LogP) is 2.60. The summed E-state index contributed by atoms with van der Waals surface area (Å²) in [4.78, 5) is 11.9. The Morgan fingerprint density at radius 3 is 3.25 bits per heavy atom. The number of urea groups is 1. The first kappa shape index (κ1) is 14.2. The molecule has 1 aromatic heterocycles. The molecule has 1 spiro atoms. The van der Waals surface area contributed by atoms with Crippen molar-refractivity contribution in [1.29, 1.82) is 0 Å². The number of nitrogens with one attached hydrogen (secondary N) is 2. The van der Waals surface area contributed by atoms with Crippen LogP contribution in [0.1, 0.15) is 24.8 Å². The van der Waals surface area contributed by atoms with E-state index >= 15 is 0 Å². The van der Waals surface area contributed by atoms with E-state index in [1.54, 1.807) is 11.3 Å². The highest BCUT2D eigenvalue weighted by Gasteiger charge is 2.40. The van der Waals surface area contributed by atoms with Crippen molar-refractivity contribution >= 4 is 29.1 Å². The van der Waals surface area contributed by atoms with E-state index in [-0.39, 0.29) is 17.7 Å². The van der Waals surface area contributed by atoms with Crippen molar-refractivity contribution < 1.29 is 9.53 Å². The van der Waals surface area contributed by atoms with Gasteiger partial charge in [-0.05, 0) is 47.4 Å². The number of carbonyl (C=O) groups excluding carboxylic acids is 1. The van der Waals surface area contributed by atoms with Gasteiger partial charge >= 0.3 is 6.03 Å². The average Bonchev–Trinajstić information content (AvgIpc) is 3.09. The van der Waals surface area contributed by atoms with Crippen molar-refractivity contribution in [2.75, 3.05) is 18.1 Å². The van der Waals surface area contributed by atoms with Crippen LogP contribution < -0.4 is 10.6 Å². The van der Waals surface area contributed by atoms with Gasteiger partial charge in [0, 0.05) is 24.9 Å². The predicted molar refractivity (Wildman–Crippen MR) is 83.3 cm³/mol. The zero-order valence-electron chi connectivity index (χ0n) is 11.4. The number of hydrogen-bond donors (Lipinski definition) is 2. The second kappa shape index (κ2) is 6.37. The first-order chi connectivity index (χ1) is 9.76. The second-order valence-corrected chi connectivity index (χ2v) is 7.37. The standard InChI is InChI=1S/C14H20N2O2S2/c17-13(15-8-11-2-5-19-9-11)16-12-1-4-18-14(7-12)3-6-20-10-14/h2,5,9,12H,1,3-4,6-8,10H2,(H2,15,16,17)/t12-,14+/m0/s1. The van der Waals surface area contributed by atoms with Crippen LogP contribution in [0.5, 0.6) is 0 Å². The lowest BCUT2D eigenvalue weighted by Gasteiger charge is -2.37. The minimum atomic E-state index is -0.0658. The molecule has 0 unspecified atom stereocenters. The summed E-state index contributed by atoms with van der Waals surface area (Å²) in [6.07, 6.45) is 2.98. The molecule has 2 fully saturated rings. The van der Waals surface area contributed by atoms with Gasteiger partial charge in [0.15, 0.2) is 0 Å². The first-order valence-corrected chi connectivity index (χ1v) is 9.13. The van der Waals surface area contributed by atoms with Crippen LogP contribution in [-0.2, 0) is 11.3 Å². The van der Waals surface area contributed by atoms with Crippen LogP contribution in [0.2, 0.25) is 0 Å². The molecule has 3 heterocycles. The number of carbonyl (C=O) groups is 1. The van der Waals surface area contributed by atoms with Gasteiger partial charge in [-0.15, -0.1) is 0 Å².